The van der Waals surface area contributed by atoms with Crippen LogP contribution in [-0.4, -0.2) is 19.0 Å². The predicted octanol–water partition coefficient (Wildman–Crippen LogP) is 1.73. The van der Waals surface area contributed by atoms with Crippen molar-refractivity contribution in [3.63, 3.8) is 0 Å². The fraction of sp³-hybridized carbons (Fsp3) is 0.143. The Morgan fingerprint density at radius 1 is 1.44 bits per heavy atom. The van der Waals surface area contributed by atoms with Gasteiger partial charge < -0.3 is 10.1 Å². The zero-order chi connectivity index (χ0) is 13.4. The van der Waals surface area contributed by atoms with Crippen LogP contribution < -0.4 is 5.32 Å². The summed E-state index contributed by atoms with van der Waals surface area (Å²) in [4.78, 5) is 22.4. The van der Waals surface area contributed by atoms with Crippen molar-refractivity contribution >= 4 is 17.6 Å². The van der Waals surface area contributed by atoms with E-state index in [2.05, 4.69) is 28.5 Å². The third kappa shape index (κ3) is 4.14. The molecule has 0 aromatic heterocycles. The minimum absolute atomic E-state index is 0.183. The van der Waals surface area contributed by atoms with Crippen LogP contribution in [0.4, 0.5) is 5.69 Å². The van der Waals surface area contributed by atoms with Gasteiger partial charge in [-0.2, -0.15) is 0 Å². The van der Waals surface area contributed by atoms with E-state index in [9.17, 15) is 9.59 Å². The van der Waals surface area contributed by atoms with Crippen molar-refractivity contribution in [2.24, 2.45) is 0 Å². The first-order valence-corrected chi connectivity index (χ1v) is 5.27. The number of anilines is 1. The number of carbonyl (C=O) groups excluding carboxylic acids is 2. The quantitative estimate of drug-likeness (QED) is 0.499. The summed E-state index contributed by atoms with van der Waals surface area (Å²) in [5, 5.41) is 2.69. The third-order valence-electron chi connectivity index (χ3n) is 2.02. The Hall–Kier alpha value is -2.54. The summed E-state index contributed by atoms with van der Waals surface area (Å²) in [5.41, 5.74) is 1.11. The zero-order valence-electron chi connectivity index (χ0n) is 10.0. The molecule has 4 heteroatoms. The van der Waals surface area contributed by atoms with Crippen molar-refractivity contribution in [3.05, 3.63) is 42.5 Å². The van der Waals surface area contributed by atoms with Crippen LogP contribution in [-0.2, 0) is 14.3 Å². The highest BCUT2D eigenvalue weighted by atomic mass is 16.5. The molecule has 0 spiro atoms. The van der Waals surface area contributed by atoms with Gasteiger partial charge in [0.25, 0.3) is 0 Å². The van der Waals surface area contributed by atoms with Crippen LogP contribution in [0.1, 0.15) is 12.0 Å². The van der Waals surface area contributed by atoms with Gasteiger partial charge in [-0.1, -0.05) is 24.1 Å². The first-order chi connectivity index (χ1) is 8.67. The lowest BCUT2D eigenvalue weighted by molar-refractivity contribution is -0.133. The first-order valence-electron chi connectivity index (χ1n) is 5.27. The Bertz CT molecular complexity index is 523. The second kappa shape index (κ2) is 6.92. The molecule has 92 valence electrons. The number of rotatable bonds is 3. The average Bonchev–Trinajstić information content (AvgIpc) is 2.37. The van der Waals surface area contributed by atoms with Gasteiger partial charge in [0.2, 0.25) is 5.91 Å². The molecule has 0 aliphatic rings. The highest BCUT2D eigenvalue weighted by molar-refractivity contribution is 5.94. The molecular weight excluding hydrogens is 230 g/mol. The van der Waals surface area contributed by atoms with Gasteiger partial charge in [0.05, 0.1) is 12.8 Å². The summed E-state index contributed by atoms with van der Waals surface area (Å²) in [6, 6.07) is 6.96. The molecule has 0 aliphatic heterocycles. The number of ether oxygens (including phenoxy) is 1. The lowest BCUT2D eigenvalue weighted by Gasteiger charge is -2.05. The topological polar surface area (TPSA) is 55.4 Å². The van der Waals surface area contributed by atoms with E-state index >= 15 is 0 Å². The monoisotopic (exact) mass is 243 g/mol. The Balaban J connectivity index is 2.91. The second-order valence-electron chi connectivity index (χ2n) is 3.33. The minimum Gasteiger partial charge on any atom is -0.459 e. The van der Waals surface area contributed by atoms with Crippen molar-refractivity contribution in [2.75, 3.05) is 12.4 Å². The van der Waals surface area contributed by atoms with E-state index in [0.29, 0.717) is 11.3 Å². The first kappa shape index (κ1) is 13.5. The highest BCUT2D eigenvalue weighted by Crippen LogP contribution is 2.13. The molecule has 1 aromatic rings. The van der Waals surface area contributed by atoms with E-state index in [1.165, 1.54) is 13.2 Å². The van der Waals surface area contributed by atoms with E-state index < -0.39 is 5.97 Å². The Morgan fingerprint density at radius 3 is 2.83 bits per heavy atom. The Kier molecular flexibility index (Phi) is 5.20. The van der Waals surface area contributed by atoms with Gasteiger partial charge in [-0.3, -0.25) is 4.79 Å². The number of carbonyl (C=O) groups is 2. The van der Waals surface area contributed by atoms with Crippen molar-refractivity contribution in [1.82, 2.24) is 0 Å². The van der Waals surface area contributed by atoms with Gasteiger partial charge in [-0.15, -0.1) is 6.58 Å². The predicted molar refractivity (Wildman–Crippen MR) is 68.8 cm³/mol. The third-order valence-corrected chi connectivity index (χ3v) is 2.02. The van der Waals surface area contributed by atoms with Crippen LogP contribution in [0.3, 0.4) is 0 Å². The van der Waals surface area contributed by atoms with Gasteiger partial charge in [0, 0.05) is 17.9 Å². The SMILES string of the molecule is C=CCC(=O)Nc1ccccc1C#CC(=O)OC. The van der Waals surface area contributed by atoms with Crippen molar-refractivity contribution < 1.29 is 14.3 Å². The van der Waals surface area contributed by atoms with Crippen LogP contribution >= 0.6 is 0 Å². The van der Waals surface area contributed by atoms with Gasteiger partial charge in [0.1, 0.15) is 0 Å². The highest BCUT2D eigenvalue weighted by Gasteiger charge is 2.03. The van der Waals surface area contributed by atoms with Crippen LogP contribution in [0.25, 0.3) is 0 Å². The lowest BCUT2D eigenvalue weighted by atomic mass is 10.1. The maximum atomic E-state index is 11.4. The van der Waals surface area contributed by atoms with E-state index in [4.69, 9.17) is 0 Å². The fourth-order valence-electron chi connectivity index (χ4n) is 1.20. The standard InChI is InChI=1S/C14H13NO3/c1-3-6-13(16)15-12-8-5-4-7-11(12)9-10-14(17)18-2/h3-5,7-8H,1,6H2,2H3,(H,15,16). The van der Waals surface area contributed by atoms with E-state index in [1.54, 1.807) is 24.3 Å². The van der Waals surface area contributed by atoms with Crippen LogP contribution in [0, 0.1) is 11.8 Å². The molecule has 0 fully saturated rings. The summed E-state index contributed by atoms with van der Waals surface area (Å²) < 4.78 is 4.42. The second-order valence-corrected chi connectivity index (χ2v) is 3.33. The smallest absolute Gasteiger partial charge is 0.384 e. The molecule has 0 bridgehead atoms. The number of para-hydroxylation sites is 1. The van der Waals surface area contributed by atoms with Crippen molar-refractivity contribution in [2.45, 2.75) is 6.42 Å². The molecule has 0 saturated carbocycles. The average molecular weight is 243 g/mol. The van der Waals surface area contributed by atoms with Gasteiger partial charge in [-0.05, 0) is 12.1 Å². The van der Waals surface area contributed by atoms with Gasteiger partial charge in [0.15, 0.2) is 0 Å². The molecule has 0 saturated heterocycles. The largest absolute Gasteiger partial charge is 0.459 e. The molecule has 0 radical (unpaired) electrons. The number of amides is 1. The molecule has 0 atom stereocenters. The molecule has 1 rings (SSSR count). The normalized spacial score (nSPS) is 8.72. The number of hydrogen-bond donors (Lipinski definition) is 1. The van der Waals surface area contributed by atoms with Crippen molar-refractivity contribution in [3.8, 4) is 11.8 Å². The van der Waals surface area contributed by atoms with Gasteiger partial charge in [-0.25, -0.2) is 4.79 Å². The number of esters is 1. The molecule has 1 amide bonds. The molecule has 0 aliphatic carbocycles. The number of hydrogen-bond acceptors (Lipinski definition) is 3. The molecule has 18 heavy (non-hydrogen) atoms. The fourth-order valence-corrected chi connectivity index (χ4v) is 1.20. The Labute approximate surface area is 106 Å². The number of methoxy groups -OCH3 is 1. The molecule has 1 aromatic carbocycles. The molecule has 4 nitrogen and oxygen atoms in total. The number of nitrogens with one attached hydrogen (secondary N) is 1. The summed E-state index contributed by atoms with van der Waals surface area (Å²) in [5.74, 6) is 4.15. The van der Waals surface area contributed by atoms with Crippen molar-refractivity contribution in [1.29, 1.82) is 0 Å². The zero-order valence-corrected chi connectivity index (χ0v) is 10.0. The molecular formula is C14H13NO3. The molecule has 0 heterocycles. The Morgan fingerprint density at radius 2 is 2.17 bits per heavy atom. The van der Waals surface area contributed by atoms with Crippen LogP contribution in [0.5, 0.6) is 0 Å². The molecule has 0 unspecified atom stereocenters. The maximum Gasteiger partial charge on any atom is 0.384 e. The van der Waals surface area contributed by atoms with Gasteiger partial charge >= 0.3 is 5.97 Å². The minimum atomic E-state index is -0.623. The lowest BCUT2D eigenvalue weighted by Crippen LogP contribution is -2.10. The maximum absolute atomic E-state index is 11.4. The molecule has 1 N–H and O–H groups in total. The van der Waals surface area contributed by atoms with Crippen LogP contribution in [0.2, 0.25) is 0 Å². The number of benzene rings is 1. The van der Waals surface area contributed by atoms with E-state index in [-0.39, 0.29) is 12.3 Å². The van der Waals surface area contributed by atoms with E-state index in [0.717, 1.165) is 0 Å². The summed E-state index contributed by atoms with van der Waals surface area (Å²) in [7, 11) is 1.26. The van der Waals surface area contributed by atoms with E-state index in [1.807, 2.05) is 0 Å². The summed E-state index contributed by atoms with van der Waals surface area (Å²) in [6.07, 6.45) is 1.73. The summed E-state index contributed by atoms with van der Waals surface area (Å²) >= 11 is 0. The summed E-state index contributed by atoms with van der Waals surface area (Å²) in [6.45, 7) is 3.49. The van der Waals surface area contributed by atoms with Crippen LogP contribution in [0.15, 0.2) is 36.9 Å².